The molecule has 2 aromatic carbocycles. The number of benzene rings is 2. The molecule has 0 saturated heterocycles. The van der Waals surface area contributed by atoms with Gasteiger partial charge in [-0.25, -0.2) is 8.42 Å². The van der Waals surface area contributed by atoms with Gasteiger partial charge in [0.25, 0.3) is 0 Å². The number of aryl methyl sites for hydroxylation is 3. The maximum Gasteiger partial charge on any atom is 0.232 e. The number of sulfonamides is 1. The number of hydrogen-bond donors (Lipinski definition) is 1. The molecule has 0 unspecified atom stereocenters. The van der Waals surface area contributed by atoms with Gasteiger partial charge in [0.1, 0.15) is 0 Å². The van der Waals surface area contributed by atoms with Gasteiger partial charge in [-0.05, 0) is 50.1 Å². The summed E-state index contributed by atoms with van der Waals surface area (Å²) in [6.07, 6.45) is 1.15. The normalized spacial score (nSPS) is 11.3. The molecule has 2 aromatic rings. The van der Waals surface area contributed by atoms with Crippen LogP contribution >= 0.6 is 11.6 Å². The average Bonchev–Trinajstić information content (AvgIpc) is 2.51. The Hall–Kier alpha value is -2.05. The lowest BCUT2D eigenvalue weighted by Gasteiger charge is -2.22. The van der Waals surface area contributed by atoms with Gasteiger partial charge in [-0.15, -0.1) is 0 Å². The highest BCUT2D eigenvalue weighted by Gasteiger charge is 2.19. The van der Waals surface area contributed by atoms with E-state index in [1.807, 2.05) is 39.0 Å². The second-order valence-corrected chi connectivity index (χ2v) is 8.72. The first-order chi connectivity index (χ1) is 12.1. The van der Waals surface area contributed by atoms with Crippen molar-refractivity contribution >= 4 is 38.9 Å². The van der Waals surface area contributed by atoms with Crippen molar-refractivity contribution in [3.8, 4) is 0 Å². The number of amides is 1. The van der Waals surface area contributed by atoms with E-state index in [9.17, 15) is 13.2 Å². The van der Waals surface area contributed by atoms with Gasteiger partial charge in [0.05, 0.1) is 22.7 Å². The van der Waals surface area contributed by atoms with Crippen LogP contribution in [0.15, 0.2) is 36.4 Å². The summed E-state index contributed by atoms with van der Waals surface area (Å²) in [5, 5.41) is 3.25. The third-order valence-corrected chi connectivity index (χ3v) is 5.45. The molecule has 0 saturated carbocycles. The first kappa shape index (κ1) is 20.3. The minimum Gasteiger partial charge on any atom is -0.324 e. The maximum absolute atomic E-state index is 12.3. The Bertz CT molecular complexity index is 886. The van der Waals surface area contributed by atoms with Crippen molar-refractivity contribution in [3.05, 3.63) is 58.1 Å². The van der Waals surface area contributed by atoms with Gasteiger partial charge in [0, 0.05) is 13.0 Å². The minimum absolute atomic E-state index is 0.0184. The summed E-state index contributed by atoms with van der Waals surface area (Å²) in [4.78, 5) is 12.3. The molecule has 0 radical (unpaired) electrons. The van der Waals surface area contributed by atoms with Gasteiger partial charge >= 0.3 is 0 Å². The molecule has 140 valence electrons. The molecule has 5 nitrogen and oxygen atoms in total. The van der Waals surface area contributed by atoms with E-state index in [0.29, 0.717) is 16.4 Å². The average molecular weight is 395 g/mol. The zero-order valence-electron chi connectivity index (χ0n) is 15.3. The lowest BCUT2D eigenvalue weighted by Crippen LogP contribution is -2.33. The van der Waals surface area contributed by atoms with Crippen LogP contribution < -0.4 is 9.62 Å². The lowest BCUT2D eigenvalue weighted by molar-refractivity contribution is -0.116. The zero-order chi connectivity index (χ0) is 19.5. The fourth-order valence-electron chi connectivity index (χ4n) is 2.68. The molecule has 0 heterocycles. The van der Waals surface area contributed by atoms with E-state index in [0.717, 1.165) is 22.9 Å². The van der Waals surface area contributed by atoms with Crippen LogP contribution in [0.1, 0.15) is 23.1 Å². The van der Waals surface area contributed by atoms with Crippen molar-refractivity contribution < 1.29 is 13.2 Å². The van der Waals surface area contributed by atoms with Gasteiger partial charge in [0.2, 0.25) is 15.9 Å². The number of nitrogens with zero attached hydrogens (tertiary/aromatic N) is 1. The highest BCUT2D eigenvalue weighted by molar-refractivity contribution is 7.92. The van der Waals surface area contributed by atoms with Gasteiger partial charge in [-0.3, -0.25) is 9.10 Å². The van der Waals surface area contributed by atoms with Crippen LogP contribution in [-0.4, -0.2) is 27.1 Å². The molecule has 26 heavy (non-hydrogen) atoms. The fourth-order valence-corrected chi connectivity index (χ4v) is 3.97. The SMILES string of the molecule is Cc1ccc(N(CCC(=O)Nc2c(C)cc(C)cc2Cl)S(C)(=O)=O)cc1. The molecule has 1 amide bonds. The molecule has 0 aliphatic heterocycles. The molecular weight excluding hydrogens is 372 g/mol. The number of carbonyl (C=O) groups excluding carboxylic acids is 1. The molecule has 0 atom stereocenters. The third kappa shape index (κ3) is 5.22. The van der Waals surface area contributed by atoms with Gasteiger partial charge in [-0.1, -0.05) is 35.4 Å². The summed E-state index contributed by atoms with van der Waals surface area (Å²) in [5.74, 6) is -0.292. The molecule has 0 aliphatic carbocycles. The Morgan fingerprint density at radius 3 is 2.23 bits per heavy atom. The Morgan fingerprint density at radius 2 is 1.69 bits per heavy atom. The number of nitrogens with one attached hydrogen (secondary N) is 1. The molecule has 0 aliphatic rings. The third-order valence-electron chi connectivity index (χ3n) is 3.96. The Labute approximate surface area is 160 Å². The van der Waals surface area contributed by atoms with E-state index >= 15 is 0 Å². The maximum atomic E-state index is 12.3. The van der Waals surface area contributed by atoms with Crippen LogP contribution in [0.25, 0.3) is 0 Å². The second kappa shape index (κ2) is 8.10. The van der Waals surface area contributed by atoms with Gasteiger partial charge in [0.15, 0.2) is 0 Å². The molecule has 0 bridgehead atoms. The van der Waals surface area contributed by atoms with Crippen molar-refractivity contribution in [1.82, 2.24) is 0 Å². The second-order valence-electron chi connectivity index (χ2n) is 6.41. The lowest BCUT2D eigenvalue weighted by atomic mass is 10.1. The van der Waals surface area contributed by atoms with Crippen molar-refractivity contribution in [2.45, 2.75) is 27.2 Å². The topological polar surface area (TPSA) is 66.5 Å². The quantitative estimate of drug-likeness (QED) is 0.803. The standard InChI is InChI=1S/C19H23ClN2O3S/c1-13-5-7-16(8-6-13)22(26(4,24)25)10-9-18(23)21-19-15(3)11-14(2)12-17(19)20/h5-8,11-12H,9-10H2,1-4H3,(H,21,23). The monoisotopic (exact) mass is 394 g/mol. The summed E-state index contributed by atoms with van der Waals surface area (Å²) >= 11 is 6.20. The smallest absolute Gasteiger partial charge is 0.232 e. The van der Waals surface area contributed by atoms with Crippen LogP contribution in [0.5, 0.6) is 0 Å². The van der Waals surface area contributed by atoms with E-state index in [2.05, 4.69) is 5.32 Å². The fraction of sp³-hybridized carbons (Fsp3) is 0.316. The number of rotatable bonds is 6. The summed E-state index contributed by atoms with van der Waals surface area (Å²) in [5.41, 5.74) is 4.00. The Balaban J connectivity index is 2.12. The predicted octanol–water partition coefficient (Wildman–Crippen LogP) is 4.06. The number of carbonyl (C=O) groups is 1. The largest absolute Gasteiger partial charge is 0.324 e. The van der Waals surface area contributed by atoms with Crippen LogP contribution in [0.4, 0.5) is 11.4 Å². The van der Waals surface area contributed by atoms with Crippen molar-refractivity contribution in [2.75, 3.05) is 22.4 Å². The molecule has 0 fully saturated rings. The van der Waals surface area contributed by atoms with E-state index in [-0.39, 0.29) is 18.9 Å². The van der Waals surface area contributed by atoms with Gasteiger partial charge in [-0.2, -0.15) is 0 Å². The highest BCUT2D eigenvalue weighted by atomic mass is 35.5. The predicted molar refractivity (Wildman–Crippen MR) is 108 cm³/mol. The molecule has 0 aromatic heterocycles. The first-order valence-corrected chi connectivity index (χ1v) is 10.4. The van der Waals surface area contributed by atoms with E-state index in [1.54, 1.807) is 18.2 Å². The van der Waals surface area contributed by atoms with Crippen LogP contribution in [0.3, 0.4) is 0 Å². The highest BCUT2D eigenvalue weighted by Crippen LogP contribution is 2.27. The summed E-state index contributed by atoms with van der Waals surface area (Å²) in [7, 11) is -3.49. The zero-order valence-corrected chi connectivity index (χ0v) is 16.9. The molecule has 7 heteroatoms. The molecule has 2 rings (SSSR count). The summed E-state index contributed by atoms with van der Waals surface area (Å²) < 4.78 is 25.4. The van der Waals surface area contributed by atoms with E-state index in [1.165, 1.54) is 4.31 Å². The van der Waals surface area contributed by atoms with Crippen LogP contribution in [0.2, 0.25) is 5.02 Å². The summed E-state index contributed by atoms with van der Waals surface area (Å²) in [6, 6.07) is 10.8. The molecule has 1 N–H and O–H groups in total. The minimum atomic E-state index is -3.49. The first-order valence-electron chi connectivity index (χ1n) is 8.19. The van der Waals surface area contributed by atoms with E-state index < -0.39 is 10.0 Å². The number of anilines is 2. The molecular formula is C19H23ClN2O3S. The van der Waals surface area contributed by atoms with Crippen molar-refractivity contribution in [2.24, 2.45) is 0 Å². The number of hydrogen-bond acceptors (Lipinski definition) is 3. The number of halogens is 1. The van der Waals surface area contributed by atoms with E-state index in [4.69, 9.17) is 11.6 Å². The van der Waals surface area contributed by atoms with Crippen LogP contribution in [-0.2, 0) is 14.8 Å². The van der Waals surface area contributed by atoms with Crippen molar-refractivity contribution in [3.63, 3.8) is 0 Å². The molecule has 0 spiro atoms. The summed E-state index contributed by atoms with van der Waals surface area (Å²) in [6.45, 7) is 5.77. The van der Waals surface area contributed by atoms with Crippen LogP contribution in [0, 0.1) is 20.8 Å². The Kier molecular flexibility index (Phi) is 6.31. The van der Waals surface area contributed by atoms with Gasteiger partial charge < -0.3 is 5.32 Å². The Morgan fingerprint density at radius 1 is 1.08 bits per heavy atom. The van der Waals surface area contributed by atoms with Crippen molar-refractivity contribution in [1.29, 1.82) is 0 Å².